The van der Waals surface area contributed by atoms with Crippen LogP contribution in [0, 0.1) is 0 Å². The van der Waals surface area contributed by atoms with Crippen LogP contribution in [-0.4, -0.2) is 9.97 Å². The van der Waals surface area contributed by atoms with E-state index in [0.29, 0.717) is 4.72 Å². The molecule has 0 spiro atoms. The summed E-state index contributed by atoms with van der Waals surface area (Å²) in [6.45, 7) is 0. The van der Waals surface area contributed by atoms with Gasteiger partial charge in [-0.3, -0.25) is 0 Å². The van der Waals surface area contributed by atoms with Gasteiger partial charge in [-0.25, -0.2) is 0 Å². The smallest absolute Gasteiger partial charge is 0 e. The van der Waals surface area contributed by atoms with Crippen molar-refractivity contribution in [2.75, 3.05) is 0 Å². The quantitative estimate of drug-likeness (QED) is 0.544. The summed E-state index contributed by atoms with van der Waals surface area (Å²) in [6.07, 6.45) is 3.23. The number of rotatable bonds is 0. The van der Waals surface area contributed by atoms with E-state index in [1.165, 1.54) is 0 Å². The first-order valence-corrected chi connectivity index (χ1v) is 2.25. The fraction of sp³-hybridized carbons (Fsp3) is 0. The fourth-order valence-electron chi connectivity index (χ4n) is 0.270. The third-order valence-electron chi connectivity index (χ3n) is 0.515. The fourth-order valence-corrected chi connectivity index (χ4v) is 0.410. The van der Waals surface area contributed by atoms with Gasteiger partial charge < -0.3 is 0 Å². The first-order chi connectivity index (χ1) is 3.39. The van der Waals surface area contributed by atoms with Gasteiger partial charge in [0.05, 0.1) is 0 Å². The van der Waals surface area contributed by atoms with Crippen LogP contribution in [0.4, 0.5) is 0 Å². The van der Waals surface area contributed by atoms with Crippen LogP contribution in [0.1, 0.15) is 0 Å². The van der Waals surface area contributed by atoms with Crippen molar-refractivity contribution in [1.82, 2.24) is 9.97 Å². The monoisotopic (exact) mass is 206 g/mol. The average molecular weight is 208 g/mol. The number of aromatic nitrogens is 2. The molecule has 0 atom stereocenters. The second-order valence-corrected chi connectivity index (χ2v) is 1.40. The Morgan fingerprint density at radius 1 is 1.25 bits per heavy atom. The maximum absolute atomic E-state index is 4.73. The van der Waals surface area contributed by atoms with Crippen molar-refractivity contribution >= 4 is 4.72 Å². The molecular formula is C4H3CuN2Zn. The zero-order chi connectivity index (χ0) is 5.11. The Bertz CT molecular complexity index is 144. The van der Waals surface area contributed by atoms with Gasteiger partial charge in [0.25, 0.3) is 0 Å². The van der Waals surface area contributed by atoms with Gasteiger partial charge in [0.2, 0.25) is 0 Å². The molecule has 42 valence electrons. The van der Waals surface area contributed by atoms with Gasteiger partial charge >= 0.3 is 49.2 Å². The molecule has 0 saturated heterocycles. The standard InChI is InChI=1S/C4H3N2.Cu.Zn/c1-2-5-4-6-3-1;;/h1-3H;;. The molecule has 1 rings (SSSR count). The Labute approximate surface area is 68.7 Å². The molecule has 0 amide bonds. The maximum atomic E-state index is 4.73. The van der Waals surface area contributed by atoms with Crippen molar-refractivity contribution in [3.05, 3.63) is 18.5 Å². The minimum absolute atomic E-state index is 0. The predicted octanol–water partition coefficient (Wildman–Crippen LogP) is -0.354. The molecule has 0 aliphatic carbocycles. The van der Waals surface area contributed by atoms with Crippen LogP contribution >= 0.6 is 0 Å². The summed E-state index contributed by atoms with van der Waals surface area (Å²) in [6, 6.07) is 1.73. The third-order valence-corrected chi connectivity index (χ3v) is 0.758. The van der Waals surface area contributed by atoms with Crippen LogP contribution < -0.4 is 4.72 Å². The van der Waals surface area contributed by atoms with Gasteiger partial charge in [0.15, 0.2) is 0 Å². The van der Waals surface area contributed by atoms with Crippen molar-refractivity contribution in [2.24, 2.45) is 0 Å². The minimum Gasteiger partial charge on any atom is 0 e. The summed E-state index contributed by atoms with van der Waals surface area (Å²) in [5, 5.41) is 0. The Hall–Kier alpha value is 0.223. The molecular weight excluding hydrogens is 205 g/mol. The van der Waals surface area contributed by atoms with Gasteiger partial charge in [-0.05, 0) is 0 Å². The Kier molecular flexibility index (Phi) is 4.25. The summed E-state index contributed by atoms with van der Waals surface area (Å²) in [7, 11) is 0. The molecule has 0 unspecified atom stereocenters. The van der Waals surface area contributed by atoms with E-state index in [1.54, 1.807) is 18.5 Å². The minimum atomic E-state index is 0. The first-order valence-electron chi connectivity index (χ1n) is 1.78. The normalized spacial score (nSPS) is 7.75. The average Bonchev–Trinajstić information content (AvgIpc) is 1.69. The van der Waals surface area contributed by atoms with Gasteiger partial charge in [0.1, 0.15) is 0 Å². The largest absolute Gasteiger partial charge is 0 e. The van der Waals surface area contributed by atoms with Crippen molar-refractivity contribution in [3.8, 4) is 0 Å². The van der Waals surface area contributed by atoms with E-state index in [0.717, 1.165) is 0 Å². The van der Waals surface area contributed by atoms with E-state index in [-0.39, 0.29) is 19.5 Å². The zero-order valence-electron chi connectivity index (χ0n) is 4.14. The van der Waals surface area contributed by atoms with Crippen molar-refractivity contribution < 1.29 is 35.5 Å². The molecule has 2 nitrogen and oxygen atoms in total. The molecule has 0 fully saturated rings. The summed E-state index contributed by atoms with van der Waals surface area (Å²) in [5.74, 6) is 0. The summed E-state index contributed by atoms with van der Waals surface area (Å²) in [5.41, 5.74) is 0. The van der Waals surface area contributed by atoms with Gasteiger partial charge in [0, 0.05) is 19.5 Å². The molecule has 8 heavy (non-hydrogen) atoms. The van der Waals surface area contributed by atoms with Gasteiger partial charge in [-0.1, -0.05) is 0 Å². The SMILES string of the molecule is [Cu][c]1ncccn1.[Zn]. The topological polar surface area (TPSA) is 25.8 Å². The molecule has 0 aromatic carbocycles. The van der Waals surface area contributed by atoms with E-state index in [2.05, 4.69) is 9.97 Å². The second-order valence-electron chi connectivity index (χ2n) is 0.984. The maximum Gasteiger partial charge on any atom is 0 e. The first kappa shape index (κ1) is 8.22. The van der Waals surface area contributed by atoms with Crippen LogP contribution in [0.15, 0.2) is 18.5 Å². The molecule has 1 aromatic heterocycles. The summed E-state index contributed by atoms with van der Waals surface area (Å²) in [4.78, 5) is 7.35. The van der Waals surface area contributed by atoms with Crippen LogP contribution in [0.25, 0.3) is 0 Å². The Balaban J connectivity index is 0.000000490. The van der Waals surface area contributed by atoms with Crippen LogP contribution in [0.2, 0.25) is 0 Å². The van der Waals surface area contributed by atoms with E-state index in [9.17, 15) is 0 Å². The molecule has 0 N–H and O–H groups in total. The predicted molar refractivity (Wildman–Crippen MR) is 21.7 cm³/mol. The molecule has 0 radical (unpaired) electrons. The molecule has 4 heteroatoms. The van der Waals surface area contributed by atoms with Crippen LogP contribution in [0.3, 0.4) is 0 Å². The van der Waals surface area contributed by atoms with Crippen LogP contribution in [-0.2, 0) is 35.5 Å². The van der Waals surface area contributed by atoms with Gasteiger partial charge in [-0.2, -0.15) is 0 Å². The number of hydrogen-bond donors (Lipinski definition) is 0. The molecule has 1 heterocycles. The second kappa shape index (κ2) is 4.14. The summed E-state index contributed by atoms with van der Waals surface area (Å²) < 4.78 is 0.384. The molecule has 0 aliphatic heterocycles. The Morgan fingerprint density at radius 2 is 1.75 bits per heavy atom. The molecule has 1 aromatic rings. The third kappa shape index (κ3) is 2.51. The Morgan fingerprint density at radius 3 is 2.00 bits per heavy atom. The number of nitrogens with zero attached hydrogens (tertiary/aromatic N) is 2. The number of hydrogen-bond acceptors (Lipinski definition) is 2. The zero-order valence-corrected chi connectivity index (χ0v) is 8.04. The van der Waals surface area contributed by atoms with Crippen LogP contribution in [0.5, 0.6) is 0 Å². The van der Waals surface area contributed by atoms with Gasteiger partial charge in [-0.15, -0.1) is 0 Å². The van der Waals surface area contributed by atoms with Crippen molar-refractivity contribution in [2.45, 2.75) is 0 Å². The van der Waals surface area contributed by atoms with E-state index in [1.807, 2.05) is 0 Å². The summed E-state index contributed by atoms with van der Waals surface area (Å²) >= 11 is 4.73. The van der Waals surface area contributed by atoms with Crippen molar-refractivity contribution in [1.29, 1.82) is 0 Å². The molecule has 0 bridgehead atoms. The molecule has 0 aliphatic rings. The van der Waals surface area contributed by atoms with E-state index >= 15 is 0 Å². The molecule has 0 saturated carbocycles. The van der Waals surface area contributed by atoms with Crippen molar-refractivity contribution in [3.63, 3.8) is 0 Å². The van der Waals surface area contributed by atoms with E-state index in [4.69, 9.17) is 16.0 Å². The van der Waals surface area contributed by atoms with E-state index < -0.39 is 0 Å².